The lowest BCUT2D eigenvalue weighted by atomic mass is 10.1. The van der Waals surface area contributed by atoms with E-state index in [0.717, 1.165) is 26.9 Å². The van der Waals surface area contributed by atoms with Crippen LogP contribution >= 0.6 is 23.1 Å². The highest BCUT2D eigenvalue weighted by molar-refractivity contribution is 8.01. The number of amides is 1. The quantitative estimate of drug-likeness (QED) is 0.303. The number of benzene rings is 1. The number of hydrogen-bond acceptors (Lipinski definition) is 10. The molecule has 13 heteroatoms. The Kier molecular flexibility index (Phi) is 5.87. The molecule has 1 amide bonds. The van der Waals surface area contributed by atoms with Crippen LogP contribution in [0.15, 0.2) is 45.3 Å². The Labute approximate surface area is 202 Å². The first-order valence-corrected chi connectivity index (χ1v) is 12.2. The summed E-state index contributed by atoms with van der Waals surface area (Å²) in [5.74, 6) is 0.568. The maximum absolute atomic E-state index is 13.1. The molecule has 0 aliphatic carbocycles. The maximum Gasteiger partial charge on any atom is 0.284 e. The minimum atomic E-state index is -0.453. The van der Waals surface area contributed by atoms with E-state index in [2.05, 4.69) is 25.0 Å². The van der Waals surface area contributed by atoms with Crippen molar-refractivity contribution in [2.45, 2.75) is 16.2 Å². The molecule has 0 saturated carbocycles. The number of fused-ring (bicyclic) bond motifs is 1. The Morgan fingerprint density at radius 1 is 1.21 bits per heavy atom. The molecule has 3 aromatic heterocycles. The van der Waals surface area contributed by atoms with Crippen molar-refractivity contribution >= 4 is 51.5 Å². The van der Waals surface area contributed by atoms with Crippen LogP contribution < -0.4 is 4.90 Å². The number of aromatic nitrogens is 5. The Balaban J connectivity index is 1.31. The Bertz CT molecular complexity index is 1390. The molecule has 4 heterocycles. The molecule has 1 aromatic carbocycles. The summed E-state index contributed by atoms with van der Waals surface area (Å²) in [7, 11) is 1.83. The van der Waals surface area contributed by atoms with Gasteiger partial charge in [-0.1, -0.05) is 11.8 Å². The van der Waals surface area contributed by atoms with Crippen LogP contribution in [-0.4, -0.2) is 66.6 Å². The first kappa shape index (κ1) is 22.2. The van der Waals surface area contributed by atoms with Gasteiger partial charge in [-0.25, -0.2) is 15.0 Å². The zero-order chi connectivity index (χ0) is 23.8. The van der Waals surface area contributed by atoms with E-state index >= 15 is 0 Å². The smallest absolute Gasteiger partial charge is 0.284 e. The number of aryl methyl sites for hydroxylation is 2. The molecule has 4 aromatic rings. The van der Waals surface area contributed by atoms with Gasteiger partial charge in [-0.2, -0.15) is 5.10 Å². The van der Waals surface area contributed by atoms with E-state index < -0.39 is 4.92 Å². The van der Waals surface area contributed by atoms with Crippen LogP contribution in [0.3, 0.4) is 0 Å². The van der Waals surface area contributed by atoms with Gasteiger partial charge >= 0.3 is 0 Å². The molecule has 0 bridgehead atoms. The monoisotopic (exact) mass is 496 g/mol. The fourth-order valence-electron chi connectivity index (χ4n) is 3.86. The van der Waals surface area contributed by atoms with Crippen LogP contribution in [0.5, 0.6) is 0 Å². The summed E-state index contributed by atoms with van der Waals surface area (Å²) >= 11 is 2.67. The lowest BCUT2D eigenvalue weighted by Gasteiger charge is -2.35. The van der Waals surface area contributed by atoms with Crippen molar-refractivity contribution in [3.05, 3.63) is 57.5 Å². The molecule has 174 valence electrons. The van der Waals surface area contributed by atoms with Crippen LogP contribution in [0.25, 0.3) is 11.0 Å². The second-order valence-electron chi connectivity index (χ2n) is 7.78. The van der Waals surface area contributed by atoms with Gasteiger partial charge in [0.15, 0.2) is 9.99 Å². The highest BCUT2D eigenvalue weighted by Crippen LogP contribution is 2.37. The van der Waals surface area contributed by atoms with Crippen molar-refractivity contribution in [1.29, 1.82) is 0 Å². The summed E-state index contributed by atoms with van der Waals surface area (Å²) in [4.78, 5) is 41.7. The fraction of sp³-hybridized carbons (Fsp3) is 0.286. The minimum Gasteiger partial charge on any atom is -0.352 e. The molecule has 1 aliphatic rings. The first-order chi connectivity index (χ1) is 16.4. The van der Waals surface area contributed by atoms with Crippen LogP contribution in [0.1, 0.15) is 16.1 Å². The van der Waals surface area contributed by atoms with Gasteiger partial charge in [-0.05, 0) is 19.1 Å². The van der Waals surface area contributed by atoms with E-state index in [1.807, 2.05) is 19.4 Å². The van der Waals surface area contributed by atoms with Gasteiger partial charge in [-0.3, -0.25) is 19.6 Å². The summed E-state index contributed by atoms with van der Waals surface area (Å²) in [5.41, 5.74) is 1.83. The topological polar surface area (TPSA) is 123 Å². The molecule has 0 unspecified atom stereocenters. The van der Waals surface area contributed by atoms with Crippen molar-refractivity contribution < 1.29 is 9.72 Å². The number of piperazine rings is 1. The molecule has 5 rings (SSSR count). The van der Waals surface area contributed by atoms with Gasteiger partial charge in [0.2, 0.25) is 0 Å². The van der Waals surface area contributed by atoms with E-state index in [1.54, 1.807) is 27.9 Å². The third kappa shape index (κ3) is 4.19. The van der Waals surface area contributed by atoms with Crippen LogP contribution in [0.4, 0.5) is 11.5 Å². The van der Waals surface area contributed by atoms with Gasteiger partial charge in [0.1, 0.15) is 12.1 Å². The molecular formula is C21H20N8O3S2. The molecule has 34 heavy (non-hydrogen) atoms. The summed E-state index contributed by atoms with van der Waals surface area (Å²) < 4.78 is 2.42. The Morgan fingerprint density at radius 3 is 2.71 bits per heavy atom. The zero-order valence-electron chi connectivity index (χ0n) is 18.4. The minimum absolute atomic E-state index is 0.0951. The van der Waals surface area contributed by atoms with E-state index in [-0.39, 0.29) is 11.6 Å². The lowest BCUT2D eigenvalue weighted by Crippen LogP contribution is -2.49. The van der Waals surface area contributed by atoms with Gasteiger partial charge in [0.05, 0.1) is 21.4 Å². The molecule has 0 N–H and O–H groups in total. The number of nitro benzene ring substituents is 1. The van der Waals surface area contributed by atoms with Gasteiger partial charge < -0.3 is 9.80 Å². The largest absolute Gasteiger partial charge is 0.352 e. The Hall–Kier alpha value is -3.58. The van der Waals surface area contributed by atoms with E-state index in [0.29, 0.717) is 36.6 Å². The second-order valence-corrected chi connectivity index (χ2v) is 9.93. The highest BCUT2D eigenvalue weighted by atomic mass is 32.2. The zero-order valence-corrected chi connectivity index (χ0v) is 20.0. The third-order valence-corrected chi connectivity index (χ3v) is 7.69. The van der Waals surface area contributed by atoms with Crippen LogP contribution in [0.2, 0.25) is 0 Å². The molecule has 0 atom stereocenters. The number of nitro groups is 1. The average Bonchev–Trinajstić information content (AvgIpc) is 3.44. The second kappa shape index (κ2) is 8.99. The molecule has 0 radical (unpaired) electrons. The summed E-state index contributed by atoms with van der Waals surface area (Å²) in [6.07, 6.45) is 3.26. The lowest BCUT2D eigenvalue weighted by molar-refractivity contribution is -0.387. The summed E-state index contributed by atoms with van der Waals surface area (Å²) in [6, 6.07) is 4.64. The van der Waals surface area contributed by atoms with Crippen molar-refractivity contribution in [3.8, 4) is 0 Å². The number of anilines is 1. The molecular weight excluding hydrogens is 476 g/mol. The number of nitrogens with zero attached hydrogens (tertiary/aromatic N) is 8. The summed E-state index contributed by atoms with van der Waals surface area (Å²) in [6.45, 7) is 4.01. The Morgan fingerprint density at radius 2 is 2.00 bits per heavy atom. The number of carbonyl (C=O) groups excluding carboxylic acids is 1. The predicted molar refractivity (Wildman–Crippen MR) is 128 cm³/mol. The standard InChI is InChI=1S/C21H20N8O3S2/c1-13-11-33-21(25-13)34-17-4-3-14(9-16(17)29(31)32)20(30)28-7-5-27(6-8-28)19-15-10-24-26(2)18(15)22-12-23-19/h3-4,9-12H,5-8H2,1-2H3. The van der Waals surface area contributed by atoms with E-state index in [4.69, 9.17) is 0 Å². The molecule has 11 nitrogen and oxygen atoms in total. The molecule has 1 aliphatic heterocycles. The molecule has 1 fully saturated rings. The molecule has 0 spiro atoms. The first-order valence-electron chi connectivity index (χ1n) is 10.5. The van der Waals surface area contributed by atoms with Crippen molar-refractivity contribution in [2.75, 3.05) is 31.1 Å². The fourth-order valence-corrected chi connectivity index (χ4v) is 5.74. The number of carbonyl (C=O) groups is 1. The number of hydrogen-bond donors (Lipinski definition) is 0. The number of thiazole rings is 1. The van der Waals surface area contributed by atoms with E-state index in [9.17, 15) is 14.9 Å². The van der Waals surface area contributed by atoms with Crippen molar-refractivity contribution in [1.82, 2.24) is 29.6 Å². The third-order valence-electron chi connectivity index (χ3n) is 5.57. The predicted octanol–water partition coefficient (Wildman–Crippen LogP) is 3.15. The van der Waals surface area contributed by atoms with Crippen LogP contribution in [0, 0.1) is 17.0 Å². The van der Waals surface area contributed by atoms with Gasteiger partial charge in [-0.15, -0.1) is 11.3 Å². The normalized spacial score (nSPS) is 14.1. The van der Waals surface area contributed by atoms with Crippen molar-refractivity contribution in [3.63, 3.8) is 0 Å². The summed E-state index contributed by atoms with van der Waals surface area (Å²) in [5, 5.41) is 18.7. The van der Waals surface area contributed by atoms with Crippen molar-refractivity contribution in [2.24, 2.45) is 7.05 Å². The average molecular weight is 497 g/mol. The maximum atomic E-state index is 13.1. The van der Waals surface area contributed by atoms with Gasteiger partial charge in [0.25, 0.3) is 11.6 Å². The van der Waals surface area contributed by atoms with Crippen LogP contribution in [-0.2, 0) is 7.05 Å². The van der Waals surface area contributed by atoms with E-state index in [1.165, 1.54) is 35.5 Å². The molecule has 1 saturated heterocycles. The number of rotatable bonds is 5. The SMILES string of the molecule is Cc1csc(Sc2ccc(C(=O)N3CCN(c4ncnc5c4cnn5C)CC3)cc2[N+](=O)[O-])n1. The highest BCUT2D eigenvalue weighted by Gasteiger charge is 2.26. The van der Waals surface area contributed by atoms with Gasteiger partial charge in [0, 0.05) is 55.9 Å².